The van der Waals surface area contributed by atoms with Gasteiger partial charge in [-0.15, -0.1) is 0 Å². The van der Waals surface area contributed by atoms with E-state index in [-0.39, 0.29) is 5.88 Å². The molecular weight excluding hydrogens is 214 g/mol. The first-order valence-electron chi connectivity index (χ1n) is 5.14. The predicted octanol–water partition coefficient (Wildman–Crippen LogP) is 2.12. The van der Waals surface area contributed by atoms with Crippen molar-refractivity contribution in [3.05, 3.63) is 23.1 Å². The van der Waals surface area contributed by atoms with E-state index in [0.29, 0.717) is 0 Å². The highest BCUT2D eigenvalue weighted by molar-refractivity contribution is 5.81. The van der Waals surface area contributed by atoms with E-state index in [9.17, 15) is 8.78 Å². The smallest absolute Gasteiger partial charge is 0.272 e. The Hall–Kier alpha value is -1.23. The molecule has 5 heteroatoms. The van der Waals surface area contributed by atoms with E-state index in [0.717, 1.165) is 18.7 Å². The van der Waals surface area contributed by atoms with Crippen LogP contribution in [0.4, 0.5) is 8.78 Å². The van der Waals surface area contributed by atoms with Gasteiger partial charge in [0, 0.05) is 19.3 Å². The molecule has 16 heavy (non-hydrogen) atoms. The largest absolute Gasteiger partial charge is 0.472 e. The number of rotatable bonds is 5. The van der Waals surface area contributed by atoms with Crippen molar-refractivity contribution in [2.75, 3.05) is 19.7 Å². The number of halogens is 2. The summed E-state index contributed by atoms with van der Waals surface area (Å²) in [6, 6.07) is 0. The fourth-order valence-corrected chi connectivity index (χ4v) is 1.29. The number of hydrogen-bond donors (Lipinski definition) is 1. The molecule has 0 bridgehead atoms. The van der Waals surface area contributed by atoms with Gasteiger partial charge in [-0.1, -0.05) is 5.57 Å². The van der Waals surface area contributed by atoms with Crippen molar-refractivity contribution in [3.8, 4) is 0 Å². The summed E-state index contributed by atoms with van der Waals surface area (Å²) in [6.07, 6.45) is 0.757. The van der Waals surface area contributed by atoms with E-state index in [4.69, 9.17) is 4.74 Å². The number of nitrogens with zero attached hydrogens (tertiary/aromatic N) is 1. The summed E-state index contributed by atoms with van der Waals surface area (Å²) in [5.41, 5.74) is 2.30. The SMILES string of the molecule is CC=C(/N=C\C1=C(C)CNC1)OCC(F)F. The monoisotopic (exact) mass is 230 g/mol. The molecule has 1 N–H and O–H groups in total. The van der Waals surface area contributed by atoms with E-state index >= 15 is 0 Å². The fourth-order valence-electron chi connectivity index (χ4n) is 1.29. The standard InChI is InChI=1S/C11H16F2N2O/c1-3-11(16-7-10(12)13)15-6-9-5-14-4-8(9)2/h3,6,10,14H,4-5,7H2,1-2H3/b11-3?,15-6-. The summed E-state index contributed by atoms with van der Waals surface area (Å²) in [4.78, 5) is 4.03. The van der Waals surface area contributed by atoms with Crippen molar-refractivity contribution >= 4 is 6.21 Å². The molecule has 0 radical (unpaired) electrons. The van der Waals surface area contributed by atoms with E-state index in [2.05, 4.69) is 10.3 Å². The van der Waals surface area contributed by atoms with Crippen molar-refractivity contribution in [2.24, 2.45) is 4.99 Å². The topological polar surface area (TPSA) is 33.6 Å². The summed E-state index contributed by atoms with van der Waals surface area (Å²) in [5.74, 6) is 0.229. The maximum Gasteiger partial charge on any atom is 0.272 e. The van der Waals surface area contributed by atoms with Crippen LogP contribution in [0.1, 0.15) is 13.8 Å². The van der Waals surface area contributed by atoms with Gasteiger partial charge in [-0.25, -0.2) is 13.8 Å². The molecule has 0 atom stereocenters. The molecule has 0 aromatic rings. The Morgan fingerprint density at radius 1 is 1.56 bits per heavy atom. The molecular formula is C11H16F2N2O. The van der Waals surface area contributed by atoms with Crippen LogP contribution in [0, 0.1) is 0 Å². The molecule has 0 spiro atoms. The zero-order valence-corrected chi connectivity index (χ0v) is 9.46. The van der Waals surface area contributed by atoms with Gasteiger partial charge in [0.15, 0.2) is 6.61 Å². The van der Waals surface area contributed by atoms with Crippen LogP contribution in [0.15, 0.2) is 28.1 Å². The second kappa shape index (κ2) is 6.37. The van der Waals surface area contributed by atoms with Crippen molar-refractivity contribution in [3.63, 3.8) is 0 Å². The van der Waals surface area contributed by atoms with Gasteiger partial charge < -0.3 is 10.1 Å². The fraction of sp³-hybridized carbons (Fsp3) is 0.545. The first-order valence-corrected chi connectivity index (χ1v) is 5.14. The Balaban J connectivity index is 2.50. The van der Waals surface area contributed by atoms with Crippen LogP contribution in [0.3, 0.4) is 0 Å². The summed E-state index contributed by atoms with van der Waals surface area (Å²) < 4.78 is 28.6. The number of nitrogens with one attached hydrogen (secondary N) is 1. The molecule has 0 saturated heterocycles. The summed E-state index contributed by atoms with van der Waals surface area (Å²) in [7, 11) is 0. The summed E-state index contributed by atoms with van der Waals surface area (Å²) in [6.45, 7) is 4.71. The lowest BCUT2D eigenvalue weighted by Gasteiger charge is -2.04. The molecule has 0 aromatic heterocycles. The molecule has 1 heterocycles. The molecule has 0 amide bonds. The lowest BCUT2D eigenvalue weighted by Crippen LogP contribution is -2.09. The average Bonchev–Trinajstić information content (AvgIpc) is 2.64. The minimum absolute atomic E-state index is 0.229. The van der Waals surface area contributed by atoms with Crippen molar-refractivity contribution in [1.29, 1.82) is 0 Å². The number of aliphatic imine (C=N–C) groups is 1. The molecule has 0 saturated carbocycles. The van der Waals surface area contributed by atoms with E-state index in [1.54, 1.807) is 19.2 Å². The van der Waals surface area contributed by atoms with E-state index in [1.807, 2.05) is 6.92 Å². The molecule has 0 fully saturated rings. The van der Waals surface area contributed by atoms with E-state index in [1.165, 1.54) is 5.57 Å². The van der Waals surface area contributed by atoms with Gasteiger partial charge in [-0.3, -0.25) is 0 Å². The predicted molar refractivity (Wildman–Crippen MR) is 59.8 cm³/mol. The lowest BCUT2D eigenvalue weighted by molar-refractivity contribution is 0.0481. The Labute approximate surface area is 93.9 Å². The second-order valence-electron chi connectivity index (χ2n) is 3.50. The molecule has 1 rings (SSSR count). The Morgan fingerprint density at radius 2 is 2.31 bits per heavy atom. The Morgan fingerprint density at radius 3 is 2.81 bits per heavy atom. The summed E-state index contributed by atoms with van der Waals surface area (Å²) >= 11 is 0. The van der Waals surface area contributed by atoms with Crippen molar-refractivity contribution in [1.82, 2.24) is 5.32 Å². The molecule has 0 unspecified atom stereocenters. The number of allylic oxidation sites excluding steroid dienone is 1. The first kappa shape index (κ1) is 12.8. The summed E-state index contributed by atoms with van der Waals surface area (Å²) in [5, 5.41) is 3.17. The minimum Gasteiger partial charge on any atom is -0.472 e. The van der Waals surface area contributed by atoms with Gasteiger partial charge in [0.05, 0.1) is 0 Å². The third-order valence-electron chi connectivity index (χ3n) is 2.21. The first-order chi connectivity index (χ1) is 7.63. The highest BCUT2D eigenvalue weighted by atomic mass is 19.3. The van der Waals surface area contributed by atoms with Gasteiger partial charge >= 0.3 is 0 Å². The number of alkyl halides is 2. The molecule has 0 aromatic carbocycles. The van der Waals surface area contributed by atoms with Crippen LogP contribution >= 0.6 is 0 Å². The minimum atomic E-state index is -2.47. The maximum absolute atomic E-state index is 11.9. The van der Waals surface area contributed by atoms with Crippen LogP contribution in [-0.2, 0) is 4.74 Å². The average molecular weight is 230 g/mol. The second-order valence-corrected chi connectivity index (χ2v) is 3.50. The molecule has 1 aliphatic rings. The molecule has 90 valence electrons. The lowest BCUT2D eigenvalue weighted by atomic mass is 10.2. The van der Waals surface area contributed by atoms with Gasteiger partial charge in [-0.2, -0.15) is 0 Å². The zero-order valence-electron chi connectivity index (χ0n) is 9.46. The third-order valence-corrected chi connectivity index (χ3v) is 2.21. The van der Waals surface area contributed by atoms with Crippen LogP contribution in [0.25, 0.3) is 0 Å². The van der Waals surface area contributed by atoms with Gasteiger partial charge in [0.25, 0.3) is 6.43 Å². The highest BCUT2D eigenvalue weighted by Gasteiger charge is 2.08. The van der Waals surface area contributed by atoms with Crippen LogP contribution < -0.4 is 5.32 Å². The molecule has 1 aliphatic heterocycles. The number of hydrogen-bond acceptors (Lipinski definition) is 3. The van der Waals surface area contributed by atoms with Gasteiger partial charge in [0.2, 0.25) is 5.88 Å². The van der Waals surface area contributed by atoms with Gasteiger partial charge in [-0.05, 0) is 25.5 Å². The normalized spacial score (nSPS) is 17.9. The zero-order chi connectivity index (χ0) is 12.0. The van der Waals surface area contributed by atoms with Crippen LogP contribution in [0.5, 0.6) is 0 Å². The Kier molecular flexibility index (Phi) is 5.11. The van der Waals surface area contributed by atoms with Gasteiger partial charge in [0.1, 0.15) is 0 Å². The molecule has 0 aliphatic carbocycles. The van der Waals surface area contributed by atoms with Crippen molar-refractivity contribution < 1.29 is 13.5 Å². The van der Waals surface area contributed by atoms with Crippen LogP contribution in [0.2, 0.25) is 0 Å². The number of ether oxygens (including phenoxy) is 1. The maximum atomic E-state index is 11.9. The molecule has 3 nitrogen and oxygen atoms in total. The quantitative estimate of drug-likeness (QED) is 0.579. The highest BCUT2D eigenvalue weighted by Crippen LogP contribution is 2.08. The third kappa shape index (κ3) is 4.10. The van der Waals surface area contributed by atoms with Crippen LogP contribution in [-0.4, -0.2) is 32.3 Å². The Bertz CT molecular complexity index is 322. The van der Waals surface area contributed by atoms with E-state index < -0.39 is 13.0 Å². The van der Waals surface area contributed by atoms with Crippen molar-refractivity contribution in [2.45, 2.75) is 20.3 Å².